The van der Waals surface area contributed by atoms with Gasteiger partial charge in [0.25, 0.3) is 0 Å². The maximum atomic E-state index is 12.4. The summed E-state index contributed by atoms with van der Waals surface area (Å²) in [5.41, 5.74) is 4.11. The van der Waals surface area contributed by atoms with Crippen LogP contribution in [0.4, 0.5) is 23.7 Å². The monoisotopic (exact) mass is 571 g/mol. The van der Waals surface area contributed by atoms with E-state index < -0.39 is 12.5 Å². The van der Waals surface area contributed by atoms with Crippen molar-refractivity contribution in [3.05, 3.63) is 83.6 Å². The second-order valence-corrected chi connectivity index (χ2v) is 9.79. The molecular weight excluding hydrogens is 543 g/mol. The number of carbonyl (C=O) groups excluding carboxylic acids is 1. The van der Waals surface area contributed by atoms with Gasteiger partial charge in [0, 0.05) is 24.3 Å². The topological polar surface area (TPSA) is 89.8 Å². The number of amides is 2. The predicted molar refractivity (Wildman–Crippen MR) is 151 cm³/mol. The minimum absolute atomic E-state index is 0.271. The molecule has 0 aliphatic heterocycles. The molecule has 8 nitrogen and oxygen atoms in total. The number of ether oxygens (including phenoxy) is 2. The smallest absolute Gasteiger partial charge is 0.484 e. The lowest BCUT2D eigenvalue weighted by atomic mass is 10.0. The van der Waals surface area contributed by atoms with Crippen LogP contribution in [0.5, 0.6) is 11.5 Å². The average Bonchev–Trinajstić information content (AvgIpc) is 3.23. The number of aromatic nitrogens is 2. The van der Waals surface area contributed by atoms with E-state index in [1.54, 1.807) is 17.9 Å². The van der Waals surface area contributed by atoms with Crippen molar-refractivity contribution in [3.8, 4) is 11.5 Å². The SMILES string of the molecule is CC(C)c1ccccc1NC(=O)NSN=Cc1ccc2c(C(C)Oc3ccc(OC(F)(F)F)cc3)nn(C)c2c1. The first-order valence-electron chi connectivity index (χ1n) is 12.3. The summed E-state index contributed by atoms with van der Waals surface area (Å²) in [5, 5.41) is 8.28. The second kappa shape index (κ2) is 12.3. The Morgan fingerprint density at radius 2 is 1.75 bits per heavy atom. The summed E-state index contributed by atoms with van der Waals surface area (Å²) >= 11 is 0.908. The molecule has 4 aromatic rings. The summed E-state index contributed by atoms with van der Waals surface area (Å²) in [6.07, 6.45) is -3.60. The molecule has 3 aromatic carbocycles. The molecule has 1 heterocycles. The molecule has 0 spiro atoms. The molecule has 4 rings (SSSR count). The fourth-order valence-corrected chi connectivity index (χ4v) is 4.44. The van der Waals surface area contributed by atoms with Gasteiger partial charge < -0.3 is 14.8 Å². The molecule has 0 aliphatic carbocycles. The van der Waals surface area contributed by atoms with Crippen molar-refractivity contribution < 1.29 is 27.4 Å². The average molecular weight is 572 g/mol. The number of anilines is 1. The Hall–Kier alpha value is -4.19. The predicted octanol–water partition coefficient (Wildman–Crippen LogP) is 7.54. The normalized spacial score (nSPS) is 12.6. The van der Waals surface area contributed by atoms with Gasteiger partial charge in [0.15, 0.2) is 0 Å². The van der Waals surface area contributed by atoms with Crippen LogP contribution in [-0.2, 0) is 7.05 Å². The van der Waals surface area contributed by atoms with E-state index in [0.29, 0.717) is 11.4 Å². The number of rotatable bonds is 9. The van der Waals surface area contributed by atoms with E-state index in [1.165, 1.54) is 24.3 Å². The third-order valence-electron chi connectivity index (χ3n) is 5.88. The van der Waals surface area contributed by atoms with Gasteiger partial charge in [-0.15, -0.1) is 13.2 Å². The molecule has 2 amide bonds. The first-order chi connectivity index (χ1) is 19.0. The van der Waals surface area contributed by atoms with Gasteiger partial charge in [0.2, 0.25) is 0 Å². The molecule has 40 heavy (non-hydrogen) atoms. The largest absolute Gasteiger partial charge is 0.573 e. The highest BCUT2D eigenvalue weighted by Gasteiger charge is 2.31. The fourth-order valence-electron chi connectivity index (χ4n) is 4.08. The lowest BCUT2D eigenvalue weighted by Gasteiger charge is -2.14. The molecule has 210 valence electrons. The lowest BCUT2D eigenvalue weighted by Crippen LogP contribution is -2.23. The van der Waals surface area contributed by atoms with E-state index in [4.69, 9.17) is 4.74 Å². The lowest BCUT2D eigenvalue weighted by molar-refractivity contribution is -0.274. The Morgan fingerprint density at radius 3 is 2.45 bits per heavy atom. The summed E-state index contributed by atoms with van der Waals surface area (Å²) in [7, 11) is 1.80. The standard InChI is InChI=1S/C28H28F3N5O3S/c1-17(2)22-7-5-6-8-24(22)33-27(37)35-40-32-16-19-9-14-23-25(15-19)36(4)34-26(23)18(3)38-20-10-12-21(13-11-20)39-28(29,30)31/h5-18H,1-4H3,(H2,33,35,37). The molecule has 0 fully saturated rings. The Labute approximate surface area is 233 Å². The van der Waals surface area contributed by atoms with Gasteiger partial charge in [-0.1, -0.05) is 44.2 Å². The molecule has 12 heteroatoms. The molecule has 1 unspecified atom stereocenters. The Kier molecular flexibility index (Phi) is 8.88. The van der Waals surface area contributed by atoms with Crippen molar-refractivity contribution >= 4 is 41.0 Å². The van der Waals surface area contributed by atoms with Crippen LogP contribution in [0.15, 0.2) is 71.1 Å². The number of alkyl halides is 3. The summed E-state index contributed by atoms with van der Waals surface area (Å²) in [6.45, 7) is 5.93. The first-order valence-corrected chi connectivity index (χ1v) is 13.1. The van der Waals surface area contributed by atoms with Crippen molar-refractivity contribution in [2.24, 2.45) is 11.4 Å². The summed E-state index contributed by atoms with van der Waals surface area (Å²) in [5.74, 6) is 0.328. The number of hydrogen-bond acceptors (Lipinski definition) is 6. The number of fused-ring (bicyclic) bond motifs is 1. The Morgan fingerprint density at radius 1 is 1.05 bits per heavy atom. The van der Waals surface area contributed by atoms with Crippen molar-refractivity contribution in [2.45, 2.75) is 39.2 Å². The zero-order chi connectivity index (χ0) is 28.9. The quantitative estimate of drug-likeness (QED) is 0.160. The van der Waals surface area contributed by atoms with Crippen LogP contribution in [0, 0.1) is 0 Å². The van der Waals surface area contributed by atoms with Gasteiger partial charge in [0.1, 0.15) is 23.3 Å². The summed E-state index contributed by atoms with van der Waals surface area (Å²) in [6, 6.07) is 18.1. The number of halogens is 3. The molecule has 1 aromatic heterocycles. The van der Waals surface area contributed by atoms with Crippen LogP contribution in [0.25, 0.3) is 10.9 Å². The highest BCUT2D eigenvalue weighted by Crippen LogP contribution is 2.30. The van der Waals surface area contributed by atoms with Crippen LogP contribution in [0.2, 0.25) is 0 Å². The zero-order valence-electron chi connectivity index (χ0n) is 22.2. The van der Waals surface area contributed by atoms with Crippen molar-refractivity contribution in [2.75, 3.05) is 5.32 Å². The molecule has 2 N–H and O–H groups in total. The summed E-state index contributed by atoms with van der Waals surface area (Å²) in [4.78, 5) is 12.3. The Balaban J connectivity index is 1.36. The van der Waals surface area contributed by atoms with Crippen LogP contribution in [0.1, 0.15) is 49.6 Å². The number of para-hydroxylation sites is 1. The number of nitrogens with one attached hydrogen (secondary N) is 2. The van der Waals surface area contributed by atoms with E-state index in [-0.39, 0.29) is 17.7 Å². The van der Waals surface area contributed by atoms with E-state index >= 15 is 0 Å². The van der Waals surface area contributed by atoms with Crippen LogP contribution >= 0.6 is 12.1 Å². The van der Waals surface area contributed by atoms with Gasteiger partial charge in [-0.05, 0) is 60.4 Å². The van der Waals surface area contributed by atoms with E-state index in [2.05, 4.69) is 38.1 Å². The number of nitrogens with zero attached hydrogens (tertiary/aromatic N) is 3. The molecule has 0 saturated carbocycles. The third kappa shape index (κ3) is 7.47. The van der Waals surface area contributed by atoms with Crippen LogP contribution in [0.3, 0.4) is 0 Å². The van der Waals surface area contributed by atoms with E-state index in [0.717, 1.165) is 39.9 Å². The van der Waals surface area contributed by atoms with Gasteiger partial charge in [-0.2, -0.15) is 5.10 Å². The number of benzene rings is 3. The second-order valence-electron chi connectivity index (χ2n) is 9.19. The highest BCUT2D eigenvalue weighted by atomic mass is 32.2. The van der Waals surface area contributed by atoms with E-state index in [9.17, 15) is 18.0 Å². The fraction of sp³-hybridized carbons (Fsp3) is 0.250. The van der Waals surface area contributed by atoms with Gasteiger partial charge >= 0.3 is 12.4 Å². The van der Waals surface area contributed by atoms with Crippen LogP contribution < -0.4 is 19.5 Å². The molecule has 0 bridgehead atoms. The number of aryl methyl sites for hydroxylation is 1. The third-order valence-corrected chi connectivity index (χ3v) is 6.37. The molecule has 0 saturated heterocycles. The van der Waals surface area contributed by atoms with Crippen LogP contribution in [-0.4, -0.2) is 28.4 Å². The molecule has 0 aliphatic rings. The highest BCUT2D eigenvalue weighted by molar-refractivity contribution is 7.96. The maximum absolute atomic E-state index is 12.4. The zero-order valence-corrected chi connectivity index (χ0v) is 23.0. The van der Waals surface area contributed by atoms with Gasteiger partial charge in [0.05, 0.1) is 17.7 Å². The van der Waals surface area contributed by atoms with Crippen molar-refractivity contribution in [1.29, 1.82) is 0 Å². The Bertz CT molecular complexity index is 1500. The van der Waals surface area contributed by atoms with E-state index in [1.807, 2.05) is 49.4 Å². The maximum Gasteiger partial charge on any atom is 0.573 e. The number of urea groups is 1. The summed E-state index contributed by atoms with van der Waals surface area (Å²) < 4.78 is 55.6. The number of carbonyl (C=O) groups is 1. The van der Waals surface area contributed by atoms with Crippen molar-refractivity contribution in [3.63, 3.8) is 0 Å². The number of hydrogen-bond donors (Lipinski definition) is 2. The minimum atomic E-state index is -4.75. The van der Waals surface area contributed by atoms with Crippen molar-refractivity contribution in [1.82, 2.24) is 14.5 Å². The van der Waals surface area contributed by atoms with Gasteiger partial charge in [-0.25, -0.2) is 9.19 Å². The molecular formula is C28H28F3N5O3S. The molecule has 1 atom stereocenters. The van der Waals surface area contributed by atoms with Gasteiger partial charge in [-0.3, -0.25) is 9.40 Å². The molecule has 0 radical (unpaired) electrons. The minimum Gasteiger partial charge on any atom is -0.484 e. The first kappa shape index (κ1) is 28.8.